The second-order valence-corrected chi connectivity index (χ2v) is 3.69. The quantitative estimate of drug-likeness (QED) is 0.608. The third-order valence-electron chi connectivity index (χ3n) is 2.48. The molecule has 3 nitrogen and oxygen atoms in total. The maximum absolute atomic E-state index is 11.9. The Labute approximate surface area is 106 Å². The van der Waals surface area contributed by atoms with Gasteiger partial charge < -0.3 is 0 Å². The van der Waals surface area contributed by atoms with Crippen molar-refractivity contribution in [3.05, 3.63) is 60.2 Å². The van der Waals surface area contributed by atoms with Crippen molar-refractivity contribution in [3.8, 4) is 11.1 Å². The van der Waals surface area contributed by atoms with Gasteiger partial charge in [0, 0.05) is 0 Å². The van der Waals surface area contributed by atoms with Crippen LogP contribution in [-0.2, 0) is 9.78 Å². The largest absolute Gasteiger partial charge is 0.373 e. The molecule has 2 aromatic rings. The molecular weight excluding hydrogens is 228 g/mol. The second-order valence-electron chi connectivity index (χ2n) is 3.69. The third kappa shape index (κ3) is 2.76. The van der Waals surface area contributed by atoms with Crippen molar-refractivity contribution < 1.29 is 14.6 Å². The van der Waals surface area contributed by atoms with Crippen LogP contribution in [0.5, 0.6) is 0 Å². The maximum atomic E-state index is 11.9. The fraction of sp³-hybridized carbons (Fsp3) is 0.133. The molecule has 0 unspecified atom stereocenters. The molecule has 92 valence electrons. The van der Waals surface area contributed by atoms with Crippen LogP contribution < -0.4 is 0 Å². The Kier molecular flexibility index (Phi) is 4.10. The van der Waals surface area contributed by atoms with Crippen molar-refractivity contribution in [3.63, 3.8) is 0 Å². The molecule has 0 aromatic heterocycles. The molecule has 18 heavy (non-hydrogen) atoms. The molecule has 3 heteroatoms. The van der Waals surface area contributed by atoms with E-state index in [0.29, 0.717) is 12.2 Å². The van der Waals surface area contributed by atoms with Crippen LogP contribution in [0, 0.1) is 0 Å². The summed E-state index contributed by atoms with van der Waals surface area (Å²) in [5.74, 6) is -0.476. The summed E-state index contributed by atoms with van der Waals surface area (Å²) in [4.78, 5) is 21.2. The van der Waals surface area contributed by atoms with E-state index in [4.69, 9.17) is 9.78 Å². The summed E-state index contributed by atoms with van der Waals surface area (Å²) < 4.78 is 0. The lowest BCUT2D eigenvalue weighted by molar-refractivity contribution is -0.236. The fourth-order valence-electron chi connectivity index (χ4n) is 1.69. The minimum atomic E-state index is -0.476. The van der Waals surface area contributed by atoms with Gasteiger partial charge in [0.05, 0.1) is 12.2 Å². The number of carbonyl (C=O) groups excluding carboxylic acids is 1. The highest BCUT2D eigenvalue weighted by molar-refractivity contribution is 5.96. The standard InChI is InChI=1S/C15H14O3/c1-2-17-18-15(16)14-11-7-6-10-13(14)12-8-4-3-5-9-12/h3-11H,2H2,1H3. The van der Waals surface area contributed by atoms with Crippen LogP contribution in [0.2, 0.25) is 0 Å². The van der Waals surface area contributed by atoms with Crippen LogP contribution in [0.4, 0.5) is 0 Å². The van der Waals surface area contributed by atoms with Gasteiger partial charge in [0.25, 0.3) is 0 Å². The lowest BCUT2D eigenvalue weighted by Gasteiger charge is -2.08. The summed E-state index contributed by atoms with van der Waals surface area (Å²) in [6, 6.07) is 17.0. The molecule has 0 atom stereocenters. The number of rotatable bonds is 4. The molecular formula is C15H14O3. The fourth-order valence-corrected chi connectivity index (χ4v) is 1.69. The normalized spacial score (nSPS) is 10.1. The minimum absolute atomic E-state index is 0.333. The lowest BCUT2D eigenvalue weighted by atomic mass is 10.00. The van der Waals surface area contributed by atoms with E-state index < -0.39 is 5.97 Å². The predicted molar refractivity (Wildman–Crippen MR) is 68.9 cm³/mol. The average Bonchev–Trinajstić information content (AvgIpc) is 2.45. The first kappa shape index (κ1) is 12.3. The van der Waals surface area contributed by atoms with Crippen LogP contribution in [-0.4, -0.2) is 12.6 Å². The number of hydrogen-bond acceptors (Lipinski definition) is 3. The molecule has 0 saturated carbocycles. The van der Waals surface area contributed by atoms with Crippen LogP contribution in [0.25, 0.3) is 11.1 Å². The number of benzene rings is 2. The molecule has 0 aliphatic carbocycles. The molecule has 0 N–H and O–H groups in total. The van der Waals surface area contributed by atoms with Gasteiger partial charge in [-0.3, -0.25) is 4.89 Å². The Morgan fingerprint density at radius 3 is 2.39 bits per heavy atom. The predicted octanol–water partition coefficient (Wildman–Crippen LogP) is 3.46. The van der Waals surface area contributed by atoms with Crippen LogP contribution in [0.1, 0.15) is 17.3 Å². The molecule has 0 radical (unpaired) electrons. The number of carbonyl (C=O) groups is 1. The lowest BCUT2D eigenvalue weighted by Crippen LogP contribution is -2.07. The van der Waals surface area contributed by atoms with E-state index in [-0.39, 0.29) is 0 Å². The Balaban J connectivity index is 2.34. The van der Waals surface area contributed by atoms with Crippen LogP contribution >= 0.6 is 0 Å². The summed E-state index contributed by atoms with van der Waals surface area (Å²) in [5.41, 5.74) is 2.31. The molecule has 0 aliphatic heterocycles. The third-order valence-corrected chi connectivity index (χ3v) is 2.48. The smallest absolute Gasteiger partial charge is 0.293 e. The minimum Gasteiger partial charge on any atom is -0.293 e. The first-order chi connectivity index (χ1) is 8.83. The Morgan fingerprint density at radius 2 is 1.67 bits per heavy atom. The van der Waals surface area contributed by atoms with Gasteiger partial charge in [0.2, 0.25) is 0 Å². The van der Waals surface area contributed by atoms with Gasteiger partial charge in [0.1, 0.15) is 0 Å². The highest BCUT2D eigenvalue weighted by Crippen LogP contribution is 2.23. The maximum Gasteiger partial charge on any atom is 0.373 e. The zero-order valence-electron chi connectivity index (χ0n) is 10.1. The van der Waals surface area contributed by atoms with Crippen LogP contribution in [0.15, 0.2) is 54.6 Å². The van der Waals surface area contributed by atoms with Crippen molar-refractivity contribution in [2.75, 3.05) is 6.61 Å². The highest BCUT2D eigenvalue weighted by atomic mass is 17.2. The van der Waals surface area contributed by atoms with Gasteiger partial charge in [-0.2, -0.15) is 4.89 Å². The Bertz CT molecular complexity index is 520. The van der Waals surface area contributed by atoms with Gasteiger partial charge in [-0.15, -0.1) is 0 Å². The Hall–Kier alpha value is -2.13. The van der Waals surface area contributed by atoms with E-state index in [1.165, 1.54) is 0 Å². The van der Waals surface area contributed by atoms with Gasteiger partial charge in [-0.25, -0.2) is 4.79 Å². The molecule has 0 bridgehead atoms. The van der Waals surface area contributed by atoms with Crippen molar-refractivity contribution in [2.45, 2.75) is 6.92 Å². The van der Waals surface area contributed by atoms with Gasteiger partial charge in [0.15, 0.2) is 0 Å². The molecule has 0 saturated heterocycles. The zero-order chi connectivity index (χ0) is 12.8. The summed E-state index contributed by atoms with van der Waals surface area (Å²) >= 11 is 0. The monoisotopic (exact) mass is 242 g/mol. The van der Waals surface area contributed by atoms with Gasteiger partial charge in [-0.1, -0.05) is 48.5 Å². The van der Waals surface area contributed by atoms with E-state index in [1.807, 2.05) is 42.5 Å². The first-order valence-corrected chi connectivity index (χ1v) is 5.81. The molecule has 2 aromatic carbocycles. The molecule has 0 spiro atoms. The van der Waals surface area contributed by atoms with Gasteiger partial charge >= 0.3 is 5.97 Å². The van der Waals surface area contributed by atoms with E-state index >= 15 is 0 Å². The van der Waals surface area contributed by atoms with Crippen molar-refractivity contribution >= 4 is 5.97 Å². The van der Waals surface area contributed by atoms with Gasteiger partial charge in [-0.05, 0) is 24.1 Å². The zero-order valence-corrected chi connectivity index (χ0v) is 10.1. The SMILES string of the molecule is CCOOC(=O)c1ccccc1-c1ccccc1. The summed E-state index contributed by atoms with van der Waals surface area (Å²) in [5, 5.41) is 0. The van der Waals surface area contributed by atoms with E-state index in [2.05, 4.69) is 0 Å². The first-order valence-electron chi connectivity index (χ1n) is 5.81. The van der Waals surface area contributed by atoms with Crippen molar-refractivity contribution in [2.24, 2.45) is 0 Å². The molecule has 0 amide bonds. The van der Waals surface area contributed by atoms with E-state index in [0.717, 1.165) is 11.1 Å². The molecule has 0 fully saturated rings. The van der Waals surface area contributed by atoms with Crippen molar-refractivity contribution in [1.29, 1.82) is 0 Å². The summed E-state index contributed by atoms with van der Waals surface area (Å²) in [6.07, 6.45) is 0. The van der Waals surface area contributed by atoms with Crippen molar-refractivity contribution in [1.82, 2.24) is 0 Å². The topological polar surface area (TPSA) is 35.5 Å². The molecule has 0 heterocycles. The number of hydrogen-bond donors (Lipinski definition) is 0. The second kappa shape index (κ2) is 5.98. The van der Waals surface area contributed by atoms with E-state index in [9.17, 15) is 4.79 Å². The molecule has 0 aliphatic rings. The van der Waals surface area contributed by atoms with E-state index in [1.54, 1.807) is 19.1 Å². The summed E-state index contributed by atoms with van der Waals surface area (Å²) in [6.45, 7) is 2.09. The summed E-state index contributed by atoms with van der Waals surface area (Å²) in [7, 11) is 0. The van der Waals surface area contributed by atoms with Crippen LogP contribution in [0.3, 0.4) is 0 Å². The average molecular weight is 242 g/mol. The highest BCUT2D eigenvalue weighted by Gasteiger charge is 2.14. The Morgan fingerprint density at radius 1 is 1.00 bits per heavy atom. The molecule has 2 rings (SSSR count).